The SMILES string of the molecule is C[C@H]1CN(C2CCN(c3noc(C(F)(F)F)n3)CC2)[C@@H](Cc2ccc(Cl)cc2)CO1.O=C(O)C(F)(F)F. The predicted octanol–water partition coefficient (Wildman–Crippen LogP) is 4.68. The van der Waals surface area contributed by atoms with Gasteiger partial charge in [0.15, 0.2) is 0 Å². The number of piperidine rings is 1. The van der Waals surface area contributed by atoms with E-state index >= 15 is 0 Å². The molecule has 2 fully saturated rings. The Bertz CT molecular complexity index is 1030. The Balaban J connectivity index is 0.000000479. The molecular formula is C22H25ClF6N4O4. The number of benzene rings is 1. The molecule has 206 valence electrons. The number of aromatic nitrogens is 2. The zero-order valence-electron chi connectivity index (χ0n) is 19.6. The summed E-state index contributed by atoms with van der Waals surface area (Å²) in [7, 11) is 0. The first-order valence-electron chi connectivity index (χ1n) is 11.3. The van der Waals surface area contributed by atoms with Gasteiger partial charge in [-0.05, 0) is 49.0 Å². The van der Waals surface area contributed by atoms with Gasteiger partial charge >= 0.3 is 24.2 Å². The van der Waals surface area contributed by atoms with E-state index < -0.39 is 24.2 Å². The Morgan fingerprint density at radius 1 is 1.14 bits per heavy atom. The Morgan fingerprint density at radius 2 is 1.73 bits per heavy atom. The minimum absolute atomic E-state index is 0.00818. The highest BCUT2D eigenvalue weighted by atomic mass is 35.5. The maximum Gasteiger partial charge on any atom is 0.490 e. The lowest BCUT2D eigenvalue weighted by Gasteiger charge is -2.46. The number of ether oxygens (including phenoxy) is 1. The average Bonchev–Trinajstić information content (AvgIpc) is 3.33. The Kier molecular flexibility index (Phi) is 9.29. The summed E-state index contributed by atoms with van der Waals surface area (Å²) in [6, 6.07) is 8.45. The first kappa shape index (κ1) is 29.0. The molecule has 2 aliphatic heterocycles. The maximum atomic E-state index is 12.7. The maximum absolute atomic E-state index is 12.7. The number of rotatable bonds is 4. The Morgan fingerprint density at radius 3 is 2.24 bits per heavy atom. The van der Waals surface area contributed by atoms with Crippen LogP contribution in [0.4, 0.5) is 32.3 Å². The van der Waals surface area contributed by atoms with Crippen molar-refractivity contribution in [1.29, 1.82) is 0 Å². The van der Waals surface area contributed by atoms with Crippen LogP contribution in [0.5, 0.6) is 0 Å². The molecule has 2 aromatic rings. The van der Waals surface area contributed by atoms with Crippen molar-refractivity contribution in [3.05, 3.63) is 40.7 Å². The quantitative estimate of drug-likeness (QED) is 0.541. The van der Waals surface area contributed by atoms with Crippen LogP contribution in [0.3, 0.4) is 0 Å². The molecule has 2 atom stereocenters. The largest absolute Gasteiger partial charge is 0.490 e. The van der Waals surface area contributed by atoms with E-state index in [1.807, 2.05) is 24.3 Å². The summed E-state index contributed by atoms with van der Waals surface area (Å²) in [5.41, 5.74) is 1.21. The zero-order chi connectivity index (χ0) is 27.4. The molecule has 1 aromatic carbocycles. The van der Waals surface area contributed by atoms with Gasteiger partial charge in [0, 0.05) is 36.7 Å². The Hall–Kier alpha value is -2.58. The number of carboxylic acid groups (broad SMARTS) is 1. The topological polar surface area (TPSA) is 91.9 Å². The normalized spacial score (nSPS) is 21.9. The summed E-state index contributed by atoms with van der Waals surface area (Å²) in [5.74, 6) is -4.05. The molecule has 0 amide bonds. The average molecular weight is 559 g/mol. The zero-order valence-corrected chi connectivity index (χ0v) is 20.4. The van der Waals surface area contributed by atoms with Crippen LogP contribution in [-0.4, -0.2) is 76.7 Å². The standard InChI is InChI=1S/C20H24ClF3N4O2.C2HF3O2/c1-13-11-28(17(12-29-13)10-14-2-4-15(21)5-3-14)16-6-8-27(9-7-16)19-25-18(30-26-19)20(22,23)24;3-2(4,5)1(6)7/h2-5,13,16-17H,6-12H2,1H3;(H,6,7)/t13-,17-;/m0./s1. The number of carboxylic acids is 1. The number of anilines is 1. The highest BCUT2D eigenvalue weighted by Crippen LogP contribution is 2.31. The number of carbonyl (C=O) groups is 1. The van der Waals surface area contributed by atoms with Gasteiger partial charge < -0.3 is 19.3 Å². The van der Waals surface area contributed by atoms with Gasteiger partial charge in [0.25, 0.3) is 5.95 Å². The lowest BCUT2D eigenvalue weighted by molar-refractivity contribution is -0.192. The second-order valence-electron chi connectivity index (χ2n) is 8.74. The van der Waals surface area contributed by atoms with Crippen LogP contribution in [0.1, 0.15) is 31.2 Å². The van der Waals surface area contributed by atoms with Gasteiger partial charge in [0.2, 0.25) is 0 Å². The van der Waals surface area contributed by atoms with E-state index in [9.17, 15) is 26.3 Å². The fourth-order valence-corrected chi connectivity index (χ4v) is 4.37. The second-order valence-corrected chi connectivity index (χ2v) is 9.18. The van der Waals surface area contributed by atoms with E-state index in [2.05, 4.69) is 26.5 Å². The highest BCUT2D eigenvalue weighted by molar-refractivity contribution is 6.30. The summed E-state index contributed by atoms with van der Waals surface area (Å²) in [6.07, 6.45) is -7.05. The van der Waals surface area contributed by atoms with Crippen molar-refractivity contribution in [2.45, 2.75) is 56.7 Å². The van der Waals surface area contributed by atoms with Gasteiger partial charge in [-0.25, -0.2) is 4.79 Å². The monoisotopic (exact) mass is 558 g/mol. The summed E-state index contributed by atoms with van der Waals surface area (Å²) < 4.78 is 80.2. The number of morpholine rings is 1. The van der Waals surface area contributed by atoms with Crippen molar-refractivity contribution in [3.63, 3.8) is 0 Å². The van der Waals surface area contributed by atoms with Crippen LogP contribution in [0.15, 0.2) is 28.8 Å². The van der Waals surface area contributed by atoms with Crippen LogP contribution in [0, 0.1) is 0 Å². The lowest BCUT2D eigenvalue weighted by Crippen LogP contribution is -2.56. The highest BCUT2D eigenvalue weighted by Gasteiger charge is 2.40. The Labute approximate surface area is 213 Å². The number of hydrogen-bond acceptors (Lipinski definition) is 7. The van der Waals surface area contributed by atoms with Crippen LogP contribution in [-0.2, 0) is 22.1 Å². The molecule has 3 heterocycles. The molecule has 37 heavy (non-hydrogen) atoms. The molecular weight excluding hydrogens is 534 g/mol. The smallest absolute Gasteiger partial charge is 0.475 e. The van der Waals surface area contributed by atoms with E-state index in [0.29, 0.717) is 30.8 Å². The van der Waals surface area contributed by atoms with Gasteiger partial charge in [-0.15, -0.1) is 0 Å². The number of alkyl halides is 6. The molecule has 15 heteroatoms. The molecule has 2 saturated heterocycles. The van der Waals surface area contributed by atoms with Crippen molar-refractivity contribution in [3.8, 4) is 0 Å². The van der Waals surface area contributed by atoms with Crippen LogP contribution in [0.2, 0.25) is 5.02 Å². The first-order chi connectivity index (χ1) is 17.2. The molecule has 8 nitrogen and oxygen atoms in total. The number of hydrogen-bond donors (Lipinski definition) is 1. The van der Waals surface area contributed by atoms with Crippen molar-refractivity contribution in [2.24, 2.45) is 0 Å². The molecule has 4 rings (SSSR count). The third-order valence-electron chi connectivity index (χ3n) is 6.01. The van der Waals surface area contributed by atoms with E-state index in [1.165, 1.54) is 5.56 Å². The van der Waals surface area contributed by atoms with Crippen LogP contribution in [0.25, 0.3) is 0 Å². The van der Waals surface area contributed by atoms with Crippen LogP contribution >= 0.6 is 11.6 Å². The summed E-state index contributed by atoms with van der Waals surface area (Å²) >= 11 is 6.00. The summed E-state index contributed by atoms with van der Waals surface area (Å²) in [4.78, 5) is 16.7. The molecule has 2 aliphatic rings. The minimum Gasteiger partial charge on any atom is -0.475 e. The van der Waals surface area contributed by atoms with Crippen molar-refractivity contribution < 1.29 is 45.5 Å². The fourth-order valence-electron chi connectivity index (χ4n) is 4.24. The molecule has 0 unspecified atom stereocenters. The molecule has 1 N–H and O–H groups in total. The van der Waals surface area contributed by atoms with Crippen molar-refractivity contribution in [1.82, 2.24) is 15.0 Å². The molecule has 0 spiro atoms. The third kappa shape index (κ3) is 8.20. The molecule has 0 aliphatic carbocycles. The van der Waals surface area contributed by atoms with E-state index in [-0.39, 0.29) is 18.1 Å². The first-order valence-corrected chi connectivity index (χ1v) is 11.7. The van der Waals surface area contributed by atoms with E-state index in [1.54, 1.807) is 4.90 Å². The predicted molar refractivity (Wildman–Crippen MR) is 119 cm³/mol. The molecule has 0 bridgehead atoms. The van der Waals surface area contributed by atoms with Gasteiger partial charge in [-0.1, -0.05) is 23.7 Å². The van der Waals surface area contributed by atoms with Gasteiger partial charge in [0.05, 0.1) is 12.7 Å². The molecule has 0 saturated carbocycles. The van der Waals surface area contributed by atoms with Crippen molar-refractivity contribution in [2.75, 3.05) is 31.1 Å². The lowest BCUT2D eigenvalue weighted by atomic mass is 9.96. The fraction of sp³-hybridized carbons (Fsp3) is 0.591. The number of aliphatic carboxylic acids is 1. The van der Waals surface area contributed by atoms with Gasteiger partial charge in [0.1, 0.15) is 0 Å². The van der Waals surface area contributed by atoms with Gasteiger partial charge in [-0.2, -0.15) is 31.3 Å². The third-order valence-corrected chi connectivity index (χ3v) is 6.26. The number of halogens is 7. The van der Waals surface area contributed by atoms with E-state index in [0.717, 1.165) is 25.8 Å². The molecule has 0 radical (unpaired) electrons. The second kappa shape index (κ2) is 11.9. The van der Waals surface area contributed by atoms with Gasteiger partial charge in [-0.3, -0.25) is 4.90 Å². The number of nitrogens with zero attached hydrogens (tertiary/aromatic N) is 4. The van der Waals surface area contributed by atoms with Crippen LogP contribution < -0.4 is 4.90 Å². The summed E-state index contributed by atoms with van der Waals surface area (Å²) in [5, 5.41) is 11.3. The van der Waals surface area contributed by atoms with E-state index in [4.69, 9.17) is 26.2 Å². The molecule has 1 aromatic heterocycles. The minimum atomic E-state index is -5.08. The summed E-state index contributed by atoms with van der Waals surface area (Å²) in [6.45, 7) is 4.73. The van der Waals surface area contributed by atoms with Crippen molar-refractivity contribution >= 4 is 23.5 Å².